The Balaban J connectivity index is 1.73. The van der Waals surface area contributed by atoms with Crippen LogP contribution < -0.4 is 5.56 Å². The molecule has 0 amide bonds. The molecule has 164 valence electrons. The standard InChI is InChI=1S/C25H31N3O2S/c1-4-5-6-7-11-14-31-24-27-22-20(23(29)28(24)19-12-9-8-10-13-19)15-18-17-30-25(2,3)16-21(18)26-22/h8-10,12-13,15H,4-7,11,14,16-17H2,1-3H3. The molecule has 0 N–H and O–H groups in total. The summed E-state index contributed by atoms with van der Waals surface area (Å²) in [6, 6.07) is 11.7. The summed E-state index contributed by atoms with van der Waals surface area (Å²) in [5, 5.41) is 1.27. The van der Waals surface area contributed by atoms with Gasteiger partial charge in [0.1, 0.15) is 0 Å². The summed E-state index contributed by atoms with van der Waals surface area (Å²) < 4.78 is 7.68. The SMILES string of the molecule is CCCCCCCSc1nc2nc3c(cc2c(=O)n1-c1ccccc1)COC(C)(C)C3. The number of thioether (sulfide) groups is 1. The topological polar surface area (TPSA) is 57.0 Å². The molecule has 0 aliphatic carbocycles. The lowest BCUT2D eigenvalue weighted by molar-refractivity contribution is -0.0411. The van der Waals surface area contributed by atoms with Crippen molar-refractivity contribution in [1.29, 1.82) is 0 Å². The number of hydrogen-bond acceptors (Lipinski definition) is 5. The summed E-state index contributed by atoms with van der Waals surface area (Å²) >= 11 is 1.65. The predicted molar refractivity (Wildman–Crippen MR) is 127 cm³/mol. The van der Waals surface area contributed by atoms with Crippen molar-refractivity contribution in [3.63, 3.8) is 0 Å². The van der Waals surface area contributed by atoms with Crippen molar-refractivity contribution >= 4 is 22.8 Å². The molecule has 6 heteroatoms. The second kappa shape index (κ2) is 9.53. The quantitative estimate of drug-likeness (QED) is 0.257. The minimum atomic E-state index is -0.247. The molecule has 0 radical (unpaired) electrons. The Morgan fingerprint density at radius 2 is 1.87 bits per heavy atom. The molecule has 1 aliphatic rings. The highest BCUT2D eigenvalue weighted by Crippen LogP contribution is 2.29. The largest absolute Gasteiger partial charge is 0.370 e. The number of ether oxygens (including phenoxy) is 1. The zero-order valence-electron chi connectivity index (χ0n) is 18.7. The van der Waals surface area contributed by atoms with Gasteiger partial charge in [0.25, 0.3) is 5.56 Å². The number of nitrogens with zero attached hydrogens (tertiary/aromatic N) is 3. The van der Waals surface area contributed by atoms with Gasteiger partial charge < -0.3 is 4.74 Å². The van der Waals surface area contributed by atoms with Gasteiger partial charge in [-0.2, -0.15) is 0 Å². The van der Waals surface area contributed by atoms with Crippen molar-refractivity contribution in [2.24, 2.45) is 0 Å². The average molecular weight is 438 g/mol. The van der Waals surface area contributed by atoms with Gasteiger partial charge in [-0.3, -0.25) is 9.36 Å². The molecule has 0 spiro atoms. The molecule has 0 unspecified atom stereocenters. The second-order valence-electron chi connectivity index (χ2n) is 8.82. The monoisotopic (exact) mass is 437 g/mol. The number of benzene rings is 1. The number of para-hydroxylation sites is 1. The zero-order chi connectivity index (χ0) is 21.8. The first-order chi connectivity index (χ1) is 15.0. The maximum absolute atomic E-state index is 13.6. The summed E-state index contributed by atoms with van der Waals surface area (Å²) in [5.41, 5.74) is 3.05. The zero-order valence-corrected chi connectivity index (χ0v) is 19.5. The van der Waals surface area contributed by atoms with E-state index in [1.807, 2.05) is 36.4 Å². The van der Waals surface area contributed by atoms with Crippen LogP contribution in [0, 0.1) is 0 Å². The smallest absolute Gasteiger partial charge is 0.268 e. The highest BCUT2D eigenvalue weighted by molar-refractivity contribution is 7.99. The molecule has 0 fully saturated rings. The van der Waals surface area contributed by atoms with E-state index in [9.17, 15) is 4.79 Å². The first-order valence-electron chi connectivity index (χ1n) is 11.3. The van der Waals surface area contributed by atoms with Gasteiger partial charge >= 0.3 is 0 Å². The van der Waals surface area contributed by atoms with Crippen molar-refractivity contribution in [3.05, 3.63) is 58.0 Å². The van der Waals surface area contributed by atoms with Crippen LogP contribution in [0.2, 0.25) is 0 Å². The van der Waals surface area contributed by atoms with Crippen LogP contribution in [0.15, 0.2) is 46.3 Å². The number of hydrogen-bond donors (Lipinski definition) is 0. The van der Waals surface area contributed by atoms with Gasteiger partial charge in [-0.05, 0) is 38.5 Å². The number of rotatable bonds is 8. The average Bonchev–Trinajstić information content (AvgIpc) is 2.75. The van der Waals surface area contributed by atoms with Crippen LogP contribution in [0.3, 0.4) is 0 Å². The van der Waals surface area contributed by atoms with E-state index >= 15 is 0 Å². The third-order valence-electron chi connectivity index (χ3n) is 5.70. The fourth-order valence-electron chi connectivity index (χ4n) is 3.95. The molecule has 3 heterocycles. The van der Waals surface area contributed by atoms with Gasteiger partial charge in [-0.25, -0.2) is 9.97 Å². The van der Waals surface area contributed by atoms with Gasteiger partial charge in [0.05, 0.1) is 29.0 Å². The summed E-state index contributed by atoms with van der Waals surface area (Å²) in [7, 11) is 0. The van der Waals surface area contributed by atoms with Crippen molar-refractivity contribution in [1.82, 2.24) is 14.5 Å². The normalized spacial score (nSPS) is 15.2. The highest BCUT2D eigenvalue weighted by atomic mass is 32.2. The van der Waals surface area contributed by atoms with E-state index in [2.05, 4.69) is 20.8 Å². The number of fused-ring (bicyclic) bond motifs is 2. The molecule has 0 atom stereocenters. The Morgan fingerprint density at radius 1 is 1.10 bits per heavy atom. The van der Waals surface area contributed by atoms with Gasteiger partial charge in [0.2, 0.25) is 0 Å². The molecule has 4 rings (SSSR count). The highest BCUT2D eigenvalue weighted by Gasteiger charge is 2.28. The van der Waals surface area contributed by atoms with Crippen LogP contribution >= 0.6 is 11.8 Å². The van der Waals surface area contributed by atoms with Crippen LogP contribution in [-0.4, -0.2) is 25.9 Å². The van der Waals surface area contributed by atoms with Gasteiger partial charge in [-0.1, -0.05) is 62.6 Å². The summed E-state index contributed by atoms with van der Waals surface area (Å²) in [6.07, 6.45) is 6.84. The first-order valence-corrected chi connectivity index (χ1v) is 12.2. The molecule has 1 aromatic carbocycles. The summed E-state index contributed by atoms with van der Waals surface area (Å²) in [6.45, 7) is 6.85. The lowest BCUT2D eigenvalue weighted by Crippen LogP contribution is -2.33. The molecule has 3 aromatic rings. The van der Waals surface area contributed by atoms with E-state index in [1.54, 1.807) is 16.3 Å². The van der Waals surface area contributed by atoms with Crippen LogP contribution in [0.4, 0.5) is 0 Å². The minimum absolute atomic E-state index is 0.0650. The predicted octanol–water partition coefficient (Wildman–Crippen LogP) is 5.69. The van der Waals surface area contributed by atoms with E-state index in [4.69, 9.17) is 14.7 Å². The maximum atomic E-state index is 13.6. The number of pyridine rings is 1. The van der Waals surface area contributed by atoms with Crippen molar-refractivity contribution in [3.8, 4) is 5.69 Å². The summed E-state index contributed by atoms with van der Waals surface area (Å²) in [4.78, 5) is 23.3. The Morgan fingerprint density at radius 3 is 2.65 bits per heavy atom. The molecule has 1 aliphatic heterocycles. The molecule has 0 saturated carbocycles. The number of unbranched alkanes of at least 4 members (excludes halogenated alkanes) is 4. The Labute approximate surface area is 188 Å². The van der Waals surface area contributed by atoms with E-state index < -0.39 is 0 Å². The molecule has 0 saturated heterocycles. The fourth-order valence-corrected chi connectivity index (χ4v) is 4.95. The van der Waals surface area contributed by atoms with Crippen molar-refractivity contribution in [2.75, 3.05) is 5.75 Å². The first kappa shape index (κ1) is 22.0. The fraction of sp³-hybridized carbons (Fsp3) is 0.480. The summed E-state index contributed by atoms with van der Waals surface area (Å²) in [5.74, 6) is 0.945. The lowest BCUT2D eigenvalue weighted by Gasteiger charge is -2.31. The van der Waals surface area contributed by atoms with Gasteiger partial charge in [0, 0.05) is 17.7 Å². The Hall–Kier alpha value is -2.18. The van der Waals surface area contributed by atoms with E-state index in [-0.39, 0.29) is 11.2 Å². The van der Waals surface area contributed by atoms with E-state index in [1.165, 1.54) is 25.7 Å². The minimum Gasteiger partial charge on any atom is -0.370 e. The van der Waals surface area contributed by atoms with Crippen LogP contribution in [-0.2, 0) is 17.8 Å². The Kier molecular flexibility index (Phi) is 6.77. The van der Waals surface area contributed by atoms with Crippen LogP contribution in [0.25, 0.3) is 16.7 Å². The van der Waals surface area contributed by atoms with Crippen molar-refractivity contribution in [2.45, 2.75) is 76.7 Å². The van der Waals surface area contributed by atoms with Crippen LogP contribution in [0.1, 0.15) is 64.1 Å². The third-order valence-corrected chi connectivity index (χ3v) is 6.73. The van der Waals surface area contributed by atoms with Gasteiger partial charge in [-0.15, -0.1) is 0 Å². The van der Waals surface area contributed by atoms with E-state index in [0.29, 0.717) is 17.6 Å². The van der Waals surface area contributed by atoms with Gasteiger partial charge in [0.15, 0.2) is 10.8 Å². The molecular formula is C25H31N3O2S. The molecular weight excluding hydrogens is 406 g/mol. The maximum Gasteiger partial charge on any atom is 0.268 e. The second-order valence-corrected chi connectivity index (χ2v) is 9.89. The Bertz CT molecular complexity index is 1110. The molecule has 2 aromatic heterocycles. The molecule has 5 nitrogen and oxygen atoms in total. The number of aromatic nitrogens is 3. The van der Waals surface area contributed by atoms with Crippen LogP contribution in [0.5, 0.6) is 0 Å². The van der Waals surface area contributed by atoms with Crippen molar-refractivity contribution < 1.29 is 4.74 Å². The van der Waals surface area contributed by atoms with E-state index in [0.717, 1.165) is 40.7 Å². The third kappa shape index (κ3) is 5.01. The molecule has 31 heavy (non-hydrogen) atoms. The lowest BCUT2D eigenvalue weighted by atomic mass is 9.95. The molecule has 0 bridgehead atoms.